The van der Waals surface area contributed by atoms with Crippen LogP contribution in [0, 0.1) is 11.8 Å². The van der Waals surface area contributed by atoms with Crippen LogP contribution in [-0.4, -0.2) is 42.4 Å². The molecule has 6 nitrogen and oxygen atoms in total. The topological polar surface area (TPSA) is 72.4 Å². The van der Waals surface area contributed by atoms with Gasteiger partial charge in [-0.05, 0) is 49.1 Å². The number of halogens is 2. The van der Waals surface area contributed by atoms with Crippen molar-refractivity contribution in [2.24, 2.45) is 11.8 Å². The number of fused-ring (bicyclic) bond motifs is 3. The lowest BCUT2D eigenvalue weighted by molar-refractivity contribution is -0.119. The quantitative estimate of drug-likeness (QED) is 0.705. The molecule has 8 heteroatoms. The van der Waals surface area contributed by atoms with E-state index in [2.05, 4.69) is 10.6 Å². The first-order valence-corrected chi connectivity index (χ1v) is 11.1. The Kier molecular flexibility index (Phi) is 5.20. The van der Waals surface area contributed by atoms with E-state index in [1.165, 1.54) is 36.7 Å². The Balaban J connectivity index is 1.38. The highest BCUT2D eigenvalue weighted by atomic mass is 19.1. The molecule has 166 valence electrons. The molecule has 3 heterocycles. The number of amides is 1. The zero-order chi connectivity index (χ0) is 21.6. The molecule has 2 atom stereocenters. The first-order valence-electron chi connectivity index (χ1n) is 11.1. The average Bonchev–Trinajstić information content (AvgIpc) is 3.49. The minimum atomic E-state index is -1.94. The molecule has 1 saturated heterocycles. The smallest absolute Gasteiger partial charge is 0.357 e. The molecule has 0 bridgehead atoms. The Bertz CT molecular complexity index is 1010. The highest BCUT2D eigenvalue weighted by Gasteiger charge is 2.47. The number of rotatable bonds is 5. The van der Waals surface area contributed by atoms with Crippen LogP contribution in [0.5, 0.6) is 0 Å². The van der Waals surface area contributed by atoms with E-state index in [9.17, 15) is 18.4 Å². The van der Waals surface area contributed by atoms with E-state index in [1.54, 1.807) is 24.3 Å². The van der Waals surface area contributed by atoms with Gasteiger partial charge in [-0.25, -0.2) is 13.6 Å². The molecule has 0 radical (unpaired) electrons. The monoisotopic (exact) mass is 431 g/mol. The molecule has 1 aliphatic carbocycles. The van der Waals surface area contributed by atoms with Crippen LogP contribution in [0.1, 0.15) is 49.0 Å². The summed E-state index contributed by atoms with van der Waals surface area (Å²) in [5, 5.41) is 6.98. The number of nitrogens with zero attached hydrogens (tertiary/aromatic N) is 1. The van der Waals surface area contributed by atoms with Crippen LogP contribution in [0.25, 0.3) is 10.9 Å². The number of esters is 1. The second-order valence-electron chi connectivity index (χ2n) is 9.01. The second kappa shape index (κ2) is 7.89. The van der Waals surface area contributed by atoms with Crippen molar-refractivity contribution in [1.29, 1.82) is 0 Å². The van der Waals surface area contributed by atoms with Crippen molar-refractivity contribution in [3.05, 3.63) is 30.0 Å². The summed E-state index contributed by atoms with van der Waals surface area (Å²) in [7, 11) is 0. The summed E-state index contributed by atoms with van der Waals surface area (Å²) in [5.74, 6) is 0.145. The lowest BCUT2D eigenvalue weighted by Crippen LogP contribution is -2.42. The van der Waals surface area contributed by atoms with E-state index in [0.717, 1.165) is 13.0 Å². The van der Waals surface area contributed by atoms with Gasteiger partial charge in [0.2, 0.25) is 11.6 Å². The second-order valence-corrected chi connectivity index (χ2v) is 9.01. The summed E-state index contributed by atoms with van der Waals surface area (Å²) in [6.45, 7) is -1.46. The molecule has 1 amide bonds. The van der Waals surface area contributed by atoms with Crippen molar-refractivity contribution in [1.82, 2.24) is 9.88 Å². The van der Waals surface area contributed by atoms with Crippen molar-refractivity contribution in [3.63, 3.8) is 0 Å². The van der Waals surface area contributed by atoms with E-state index in [-0.39, 0.29) is 17.6 Å². The summed E-state index contributed by atoms with van der Waals surface area (Å²) >= 11 is 0. The zero-order valence-electron chi connectivity index (χ0n) is 17.3. The van der Waals surface area contributed by atoms with E-state index in [1.807, 2.05) is 0 Å². The van der Waals surface area contributed by atoms with Gasteiger partial charge in [-0.3, -0.25) is 9.36 Å². The van der Waals surface area contributed by atoms with Crippen LogP contribution >= 0.6 is 0 Å². The maximum atomic E-state index is 13.6. The number of cyclic esters (lactones) is 1. The number of hydrogen-bond acceptors (Lipinski definition) is 4. The average molecular weight is 431 g/mol. The largest absolute Gasteiger partial charge is 0.428 e. The number of carbonyl (C=O) groups excluding carboxylic acids is 2. The molecule has 1 aromatic carbocycles. The molecule has 2 N–H and O–H groups in total. The highest BCUT2D eigenvalue weighted by Crippen LogP contribution is 2.38. The molecule has 1 aromatic heterocycles. The van der Waals surface area contributed by atoms with Gasteiger partial charge in [0.1, 0.15) is 5.69 Å². The molecular weight excluding hydrogens is 404 g/mol. The van der Waals surface area contributed by atoms with Gasteiger partial charge >= 0.3 is 5.97 Å². The number of hydrogen-bond donors (Lipinski definition) is 2. The standard InChI is InChI=1S/C23H27F2N3O3/c24-12-23(13-25)28-18-7-6-16(10-15(18)11-19(28)22(30)31-23)27-21(29)20-17(8-9-26-20)14-4-2-1-3-5-14/h6-7,10-11,14,17,20,26H,1-5,8-9,12-13H2,(H,27,29)/t17-,20-/m0/s1. The molecule has 2 fully saturated rings. The third-order valence-corrected chi connectivity index (χ3v) is 7.19. The minimum absolute atomic E-state index is 0.0551. The van der Waals surface area contributed by atoms with Gasteiger partial charge < -0.3 is 15.4 Å². The molecule has 1 saturated carbocycles. The highest BCUT2D eigenvalue weighted by molar-refractivity contribution is 6.01. The van der Waals surface area contributed by atoms with Gasteiger partial charge in [0.15, 0.2) is 13.3 Å². The molecule has 5 rings (SSSR count). The lowest BCUT2D eigenvalue weighted by atomic mass is 9.76. The van der Waals surface area contributed by atoms with E-state index >= 15 is 0 Å². The van der Waals surface area contributed by atoms with Crippen LogP contribution in [-0.2, 0) is 15.3 Å². The van der Waals surface area contributed by atoms with Crippen LogP contribution in [0.2, 0.25) is 0 Å². The van der Waals surface area contributed by atoms with E-state index in [4.69, 9.17) is 4.74 Å². The maximum Gasteiger partial charge on any atom is 0.357 e. The third-order valence-electron chi connectivity index (χ3n) is 7.19. The molecule has 0 spiro atoms. The number of ether oxygens (including phenoxy) is 1. The van der Waals surface area contributed by atoms with Crippen LogP contribution in [0.15, 0.2) is 24.3 Å². The summed E-state index contributed by atoms with van der Waals surface area (Å²) in [5.41, 5.74) is -0.742. The van der Waals surface area contributed by atoms with Gasteiger partial charge in [0, 0.05) is 11.1 Å². The van der Waals surface area contributed by atoms with E-state index < -0.39 is 25.0 Å². The van der Waals surface area contributed by atoms with Gasteiger partial charge in [-0.1, -0.05) is 32.1 Å². The van der Waals surface area contributed by atoms with Gasteiger partial charge in [-0.2, -0.15) is 0 Å². The summed E-state index contributed by atoms with van der Waals surface area (Å²) < 4.78 is 33.5. The Morgan fingerprint density at radius 1 is 1.16 bits per heavy atom. The maximum absolute atomic E-state index is 13.6. The Morgan fingerprint density at radius 2 is 1.94 bits per heavy atom. The Hall–Kier alpha value is -2.48. The zero-order valence-corrected chi connectivity index (χ0v) is 17.3. The van der Waals surface area contributed by atoms with Gasteiger partial charge in [0.05, 0.1) is 11.6 Å². The SMILES string of the molecule is O=C1OC(CF)(CF)n2c1cc1cc(NC(=O)[C@H]3NCC[C@H]3C3CCCCC3)ccc12. The molecule has 0 unspecified atom stereocenters. The van der Waals surface area contributed by atoms with Crippen LogP contribution in [0.3, 0.4) is 0 Å². The number of benzene rings is 1. The number of alkyl halides is 2. The van der Waals surface area contributed by atoms with Crippen molar-refractivity contribution >= 4 is 28.5 Å². The number of aromatic nitrogens is 1. The molecule has 31 heavy (non-hydrogen) atoms. The van der Waals surface area contributed by atoms with E-state index in [0.29, 0.717) is 28.4 Å². The Labute approximate surface area is 179 Å². The summed E-state index contributed by atoms with van der Waals surface area (Å²) in [6, 6.07) is 6.44. The first-order chi connectivity index (χ1) is 15.1. The number of nitrogens with one attached hydrogen (secondary N) is 2. The Morgan fingerprint density at radius 3 is 2.68 bits per heavy atom. The molecular formula is C23H27F2N3O3. The van der Waals surface area contributed by atoms with Crippen LogP contribution in [0.4, 0.5) is 14.5 Å². The fourth-order valence-electron chi connectivity index (χ4n) is 5.66. The minimum Gasteiger partial charge on any atom is -0.428 e. The fourth-order valence-corrected chi connectivity index (χ4v) is 5.66. The van der Waals surface area contributed by atoms with Crippen molar-refractivity contribution in [2.75, 3.05) is 25.2 Å². The van der Waals surface area contributed by atoms with Crippen LogP contribution < -0.4 is 10.6 Å². The normalized spacial score (nSPS) is 25.5. The fraction of sp³-hybridized carbons (Fsp3) is 0.565. The van der Waals surface area contributed by atoms with Gasteiger partial charge in [0.25, 0.3) is 0 Å². The van der Waals surface area contributed by atoms with Crippen molar-refractivity contribution < 1.29 is 23.1 Å². The molecule has 2 aromatic rings. The predicted molar refractivity (Wildman–Crippen MR) is 112 cm³/mol. The number of anilines is 1. The summed E-state index contributed by atoms with van der Waals surface area (Å²) in [4.78, 5) is 25.2. The lowest BCUT2D eigenvalue weighted by Gasteiger charge is -2.30. The number of carbonyl (C=O) groups is 2. The molecule has 2 aliphatic heterocycles. The van der Waals surface area contributed by atoms with Crippen molar-refractivity contribution in [3.8, 4) is 0 Å². The molecule has 3 aliphatic rings. The summed E-state index contributed by atoms with van der Waals surface area (Å²) in [6.07, 6.45) is 7.18. The first kappa shape index (κ1) is 20.4. The van der Waals surface area contributed by atoms with Gasteiger partial charge in [-0.15, -0.1) is 0 Å². The van der Waals surface area contributed by atoms with Crippen molar-refractivity contribution in [2.45, 2.75) is 50.3 Å². The predicted octanol–water partition coefficient (Wildman–Crippen LogP) is 3.90. The third kappa shape index (κ3) is 3.32.